The number of hydrogen-bond acceptors (Lipinski definition) is 4. The molecule has 3 rings (SSSR count). The smallest absolute Gasteiger partial charge is 0.0991 e. The summed E-state index contributed by atoms with van der Waals surface area (Å²) < 4.78 is 5.80. The minimum Gasteiger partial charge on any atom is -0.376 e. The van der Waals surface area contributed by atoms with E-state index in [2.05, 4.69) is 18.5 Å². The second kappa shape index (κ2) is 4.36. The van der Waals surface area contributed by atoms with E-state index in [1.807, 2.05) is 24.3 Å². The van der Waals surface area contributed by atoms with Gasteiger partial charge in [-0.2, -0.15) is 10.7 Å². The van der Waals surface area contributed by atoms with Crippen molar-refractivity contribution in [2.45, 2.75) is 25.0 Å². The van der Waals surface area contributed by atoms with Gasteiger partial charge in [0.05, 0.1) is 36.5 Å². The van der Waals surface area contributed by atoms with Crippen molar-refractivity contribution in [1.29, 1.82) is 5.26 Å². The highest BCUT2D eigenvalue weighted by atomic mass is 16.7. The van der Waals surface area contributed by atoms with Gasteiger partial charge < -0.3 is 9.57 Å². The molecule has 2 saturated heterocycles. The van der Waals surface area contributed by atoms with Crippen molar-refractivity contribution < 1.29 is 9.57 Å². The summed E-state index contributed by atoms with van der Waals surface area (Å²) in [6.07, 6.45) is 1.25. The van der Waals surface area contributed by atoms with Crippen LogP contribution in [0.5, 0.6) is 0 Å². The van der Waals surface area contributed by atoms with Crippen LogP contribution < -0.4 is 5.48 Å². The lowest BCUT2D eigenvalue weighted by Crippen LogP contribution is -2.50. The number of rotatable bonds is 1. The Morgan fingerprint density at radius 2 is 2.39 bits per heavy atom. The number of benzene rings is 1. The predicted octanol–water partition coefficient (Wildman–Crippen LogP) is 1.71. The van der Waals surface area contributed by atoms with Crippen LogP contribution in [0.3, 0.4) is 0 Å². The molecule has 2 aliphatic heterocycles. The van der Waals surface area contributed by atoms with Crippen molar-refractivity contribution in [3.05, 3.63) is 35.4 Å². The fourth-order valence-electron chi connectivity index (χ4n) is 2.90. The van der Waals surface area contributed by atoms with Gasteiger partial charge >= 0.3 is 0 Å². The zero-order valence-electron chi connectivity index (χ0n) is 10.3. The monoisotopic (exact) mass is 244 g/mol. The van der Waals surface area contributed by atoms with E-state index in [4.69, 9.17) is 14.8 Å². The first-order valence-corrected chi connectivity index (χ1v) is 6.26. The second-order valence-electron chi connectivity index (χ2n) is 5.13. The largest absolute Gasteiger partial charge is 0.376 e. The van der Waals surface area contributed by atoms with Crippen molar-refractivity contribution in [2.24, 2.45) is 5.92 Å². The fraction of sp³-hybridized carbons (Fsp3) is 0.500. The van der Waals surface area contributed by atoms with Crippen molar-refractivity contribution in [3.8, 4) is 6.07 Å². The summed E-state index contributed by atoms with van der Waals surface area (Å²) in [4.78, 5) is 5.46. The van der Waals surface area contributed by atoms with Crippen LogP contribution in [0.25, 0.3) is 0 Å². The molecule has 94 valence electrons. The van der Waals surface area contributed by atoms with Gasteiger partial charge in [-0.25, -0.2) is 0 Å². The molecule has 0 spiro atoms. The summed E-state index contributed by atoms with van der Waals surface area (Å²) in [5, 5.41) is 9.01. The Hall–Kier alpha value is -1.41. The van der Waals surface area contributed by atoms with Crippen molar-refractivity contribution in [2.75, 3.05) is 13.2 Å². The minimum absolute atomic E-state index is 0.269. The highest BCUT2D eigenvalue weighted by Gasteiger charge is 2.49. The van der Waals surface area contributed by atoms with Crippen LogP contribution in [-0.2, 0) is 15.1 Å². The Morgan fingerprint density at radius 1 is 1.50 bits per heavy atom. The average molecular weight is 244 g/mol. The molecule has 4 nitrogen and oxygen atoms in total. The topological polar surface area (TPSA) is 54.3 Å². The highest BCUT2D eigenvalue weighted by molar-refractivity contribution is 5.37. The molecule has 2 fully saturated rings. The third kappa shape index (κ3) is 1.72. The molecular formula is C14H16N2O2. The van der Waals surface area contributed by atoms with Crippen molar-refractivity contribution in [3.63, 3.8) is 0 Å². The number of nitrogens with zero attached hydrogens (tertiary/aromatic N) is 1. The van der Waals surface area contributed by atoms with Crippen LogP contribution >= 0.6 is 0 Å². The van der Waals surface area contributed by atoms with E-state index in [1.165, 1.54) is 0 Å². The van der Waals surface area contributed by atoms with Crippen LogP contribution in [0.15, 0.2) is 24.3 Å². The van der Waals surface area contributed by atoms with E-state index < -0.39 is 0 Å². The van der Waals surface area contributed by atoms with Gasteiger partial charge in [0.15, 0.2) is 0 Å². The van der Waals surface area contributed by atoms with Gasteiger partial charge in [0.2, 0.25) is 0 Å². The first-order chi connectivity index (χ1) is 8.74. The molecule has 0 amide bonds. The van der Waals surface area contributed by atoms with E-state index in [-0.39, 0.29) is 11.6 Å². The van der Waals surface area contributed by atoms with E-state index in [1.54, 1.807) is 0 Å². The number of fused-ring (bicyclic) bond motifs is 1. The lowest BCUT2D eigenvalue weighted by molar-refractivity contribution is -0.0602. The second-order valence-corrected chi connectivity index (χ2v) is 5.13. The van der Waals surface area contributed by atoms with Crippen LogP contribution in [0.4, 0.5) is 0 Å². The molecule has 0 aromatic heterocycles. The Kier molecular flexibility index (Phi) is 2.83. The van der Waals surface area contributed by atoms with Crippen LogP contribution in [0.2, 0.25) is 0 Å². The molecule has 0 aliphatic carbocycles. The van der Waals surface area contributed by atoms with E-state index >= 15 is 0 Å². The maximum atomic E-state index is 9.01. The molecule has 2 heterocycles. The van der Waals surface area contributed by atoms with Gasteiger partial charge in [-0.15, -0.1) is 0 Å². The van der Waals surface area contributed by atoms with Crippen molar-refractivity contribution in [1.82, 2.24) is 5.48 Å². The minimum atomic E-state index is -0.292. The number of nitrogens with one attached hydrogen (secondary N) is 1. The molecule has 0 bridgehead atoms. The molecule has 1 N–H and O–H groups in total. The SMILES string of the molecule is CC1CC2CONC2(c2cccc(C#N)c2)CO1. The van der Waals surface area contributed by atoms with E-state index in [0.717, 1.165) is 12.0 Å². The van der Waals surface area contributed by atoms with Gasteiger partial charge in [-0.05, 0) is 31.0 Å². The number of hydrogen-bond donors (Lipinski definition) is 1. The maximum Gasteiger partial charge on any atom is 0.0991 e. The van der Waals surface area contributed by atoms with E-state index in [9.17, 15) is 0 Å². The third-order valence-corrected chi connectivity index (χ3v) is 3.95. The highest BCUT2D eigenvalue weighted by Crippen LogP contribution is 2.41. The molecule has 18 heavy (non-hydrogen) atoms. The molecule has 1 aromatic carbocycles. The predicted molar refractivity (Wildman–Crippen MR) is 65.4 cm³/mol. The zero-order valence-corrected chi connectivity index (χ0v) is 10.3. The molecule has 3 atom stereocenters. The molecule has 2 aliphatic rings. The van der Waals surface area contributed by atoms with Crippen LogP contribution in [-0.4, -0.2) is 19.3 Å². The van der Waals surface area contributed by atoms with Crippen LogP contribution in [0, 0.1) is 17.2 Å². The molecule has 0 saturated carbocycles. The summed E-state index contributed by atoms with van der Waals surface area (Å²) in [6, 6.07) is 9.87. The standard InChI is InChI=1S/C14H16N2O2/c1-10-5-13-8-18-16-14(13,9-17-10)12-4-2-3-11(6-12)7-15/h2-4,6,10,13,16H,5,8-9H2,1H3. The fourth-order valence-corrected chi connectivity index (χ4v) is 2.90. The maximum absolute atomic E-state index is 9.01. The quantitative estimate of drug-likeness (QED) is 0.817. The van der Waals surface area contributed by atoms with Gasteiger partial charge in [-0.3, -0.25) is 0 Å². The first-order valence-electron chi connectivity index (χ1n) is 6.26. The summed E-state index contributed by atoms with van der Waals surface area (Å²) in [7, 11) is 0. The zero-order chi connectivity index (χ0) is 12.6. The summed E-state index contributed by atoms with van der Waals surface area (Å²) in [5.41, 5.74) is 4.59. The summed E-state index contributed by atoms with van der Waals surface area (Å²) in [6.45, 7) is 3.38. The Bertz CT molecular complexity index is 497. The first kappa shape index (κ1) is 11.7. The average Bonchev–Trinajstić information content (AvgIpc) is 2.83. The Labute approximate surface area is 106 Å². The van der Waals surface area contributed by atoms with Gasteiger partial charge in [-0.1, -0.05) is 12.1 Å². The molecule has 0 radical (unpaired) electrons. The lowest BCUT2D eigenvalue weighted by Gasteiger charge is -2.40. The molecule has 3 unspecified atom stereocenters. The number of hydroxylamine groups is 1. The Balaban J connectivity index is 2.00. The lowest BCUT2D eigenvalue weighted by atomic mass is 9.75. The Morgan fingerprint density at radius 3 is 3.22 bits per heavy atom. The normalized spacial score (nSPS) is 34.9. The van der Waals surface area contributed by atoms with Gasteiger partial charge in [0.25, 0.3) is 0 Å². The third-order valence-electron chi connectivity index (χ3n) is 3.95. The molecule has 4 heteroatoms. The molecular weight excluding hydrogens is 228 g/mol. The number of ether oxygens (including phenoxy) is 1. The summed E-state index contributed by atoms with van der Waals surface area (Å²) in [5.74, 6) is 0.398. The van der Waals surface area contributed by atoms with Gasteiger partial charge in [0, 0.05) is 5.92 Å². The van der Waals surface area contributed by atoms with Crippen LogP contribution in [0.1, 0.15) is 24.5 Å². The van der Waals surface area contributed by atoms with Gasteiger partial charge in [0.1, 0.15) is 0 Å². The number of nitriles is 1. The van der Waals surface area contributed by atoms with E-state index in [0.29, 0.717) is 24.7 Å². The molecule has 1 aromatic rings. The van der Waals surface area contributed by atoms with Crippen molar-refractivity contribution >= 4 is 0 Å². The summed E-state index contributed by atoms with van der Waals surface area (Å²) >= 11 is 0.